The minimum atomic E-state index is 0.715. The zero-order valence-electron chi connectivity index (χ0n) is 8.54. The molecule has 0 saturated carbocycles. The molecule has 0 fully saturated rings. The molecule has 0 radical (unpaired) electrons. The number of nitrogens with zero attached hydrogens (tertiary/aromatic N) is 1. The molecular formula is C12H16BrN. The lowest BCUT2D eigenvalue weighted by atomic mass is 10.2. The van der Waals surface area contributed by atoms with Gasteiger partial charge in [-0.25, -0.2) is 0 Å². The van der Waals surface area contributed by atoms with Crippen LogP contribution >= 0.6 is 15.9 Å². The summed E-state index contributed by atoms with van der Waals surface area (Å²) in [6, 6.07) is 11.2. The number of halogens is 1. The number of hydrogen-bond donors (Lipinski definition) is 0. The Morgan fingerprint density at radius 2 is 1.86 bits per heavy atom. The lowest BCUT2D eigenvalue weighted by molar-refractivity contribution is 0.781. The van der Waals surface area contributed by atoms with Crippen molar-refractivity contribution in [2.75, 3.05) is 5.33 Å². The molecule has 0 aliphatic rings. The van der Waals surface area contributed by atoms with E-state index >= 15 is 0 Å². The Bertz CT molecular complexity index is 247. The minimum Gasteiger partial charge on any atom is -0.192 e. The summed E-state index contributed by atoms with van der Waals surface area (Å²) < 4.78 is 0. The monoisotopic (exact) mass is 253 g/mol. The van der Waals surface area contributed by atoms with Crippen molar-refractivity contribution >= 4 is 15.9 Å². The predicted octanol–water partition coefficient (Wildman–Crippen LogP) is 4.13. The average molecular weight is 254 g/mol. The van der Waals surface area contributed by atoms with Crippen LogP contribution in [0.25, 0.3) is 0 Å². The number of nitriles is 1. The van der Waals surface area contributed by atoms with E-state index in [9.17, 15) is 0 Å². The van der Waals surface area contributed by atoms with E-state index in [0.29, 0.717) is 5.56 Å². The third-order valence-electron chi connectivity index (χ3n) is 1.64. The van der Waals surface area contributed by atoms with Crippen LogP contribution in [0.15, 0.2) is 30.3 Å². The van der Waals surface area contributed by atoms with E-state index in [1.807, 2.05) is 24.3 Å². The van der Waals surface area contributed by atoms with Crippen LogP contribution in [0.1, 0.15) is 31.7 Å². The SMILES string of the molecule is CCCCCBr.N#Cc1ccccc1. The fourth-order valence-corrected chi connectivity index (χ4v) is 1.25. The Balaban J connectivity index is 0.000000255. The number of benzene rings is 1. The molecule has 0 atom stereocenters. The van der Waals surface area contributed by atoms with E-state index in [1.165, 1.54) is 24.6 Å². The van der Waals surface area contributed by atoms with Gasteiger partial charge < -0.3 is 0 Å². The van der Waals surface area contributed by atoms with Gasteiger partial charge in [-0.15, -0.1) is 0 Å². The van der Waals surface area contributed by atoms with Crippen LogP contribution in [0.2, 0.25) is 0 Å². The molecule has 0 spiro atoms. The molecule has 0 saturated heterocycles. The number of alkyl halides is 1. The van der Waals surface area contributed by atoms with Gasteiger partial charge in [0.25, 0.3) is 0 Å². The molecule has 2 heteroatoms. The molecule has 76 valence electrons. The Morgan fingerprint density at radius 3 is 2.14 bits per heavy atom. The Hall–Kier alpha value is -0.810. The zero-order chi connectivity index (χ0) is 10.6. The standard InChI is InChI=1S/C7H5N.C5H11Br/c8-6-7-4-2-1-3-5-7;1-2-3-4-5-6/h1-5H;2-5H2,1H3. The van der Waals surface area contributed by atoms with E-state index in [0.717, 1.165) is 0 Å². The summed E-state index contributed by atoms with van der Waals surface area (Å²) in [6.45, 7) is 2.21. The molecule has 1 aromatic carbocycles. The van der Waals surface area contributed by atoms with Crippen molar-refractivity contribution < 1.29 is 0 Å². The van der Waals surface area contributed by atoms with Gasteiger partial charge in [0.2, 0.25) is 0 Å². The van der Waals surface area contributed by atoms with Gasteiger partial charge in [-0.2, -0.15) is 5.26 Å². The first-order valence-electron chi connectivity index (χ1n) is 4.86. The summed E-state index contributed by atoms with van der Waals surface area (Å²) in [5.74, 6) is 0. The number of rotatable bonds is 3. The fraction of sp³-hybridized carbons (Fsp3) is 0.417. The summed E-state index contributed by atoms with van der Waals surface area (Å²) in [5.41, 5.74) is 0.715. The number of hydrogen-bond acceptors (Lipinski definition) is 1. The highest BCUT2D eigenvalue weighted by Crippen LogP contribution is 1.95. The second-order valence-corrected chi connectivity index (χ2v) is 3.67. The minimum absolute atomic E-state index is 0.715. The first kappa shape index (κ1) is 13.2. The van der Waals surface area contributed by atoms with Crippen LogP contribution in [-0.4, -0.2) is 5.33 Å². The van der Waals surface area contributed by atoms with E-state index < -0.39 is 0 Å². The maximum Gasteiger partial charge on any atom is 0.0991 e. The molecule has 1 nitrogen and oxygen atoms in total. The summed E-state index contributed by atoms with van der Waals surface area (Å²) in [6.07, 6.45) is 4.02. The van der Waals surface area contributed by atoms with Gasteiger partial charge in [0.05, 0.1) is 11.6 Å². The van der Waals surface area contributed by atoms with Gasteiger partial charge in [-0.3, -0.25) is 0 Å². The smallest absolute Gasteiger partial charge is 0.0991 e. The molecule has 14 heavy (non-hydrogen) atoms. The maximum absolute atomic E-state index is 8.29. The molecular weight excluding hydrogens is 238 g/mol. The van der Waals surface area contributed by atoms with E-state index in [2.05, 4.69) is 22.9 Å². The number of unbranched alkanes of at least 4 members (excludes halogenated alkanes) is 2. The van der Waals surface area contributed by atoms with Gasteiger partial charge in [0, 0.05) is 5.33 Å². The average Bonchev–Trinajstić information content (AvgIpc) is 2.28. The third-order valence-corrected chi connectivity index (χ3v) is 2.20. The molecule has 0 amide bonds. The zero-order valence-corrected chi connectivity index (χ0v) is 10.1. The summed E-state index contributed by atoms with van der Waals surface area (Å²) in [4.78, 5) is 0. The third kappa shape index (κ3) is 7.82. The van der Waals surface area contributed by atoms with Crippen molar-refractivity contribution in [2.24, 2.45) is 0 Å². The summed E-state index contributed by atoms with van der Waals surface area (Å²) in [7, 11) is 0. The van der Waals surface area contributed by atoms with Crippen LogP contribution in [0.5, 0.6) is 0 Å². The van der Waals surface area contributed by atoms with Gasteiger partial charge in [0.1, 0.15) is 0 Å². The Kier molecular flexibility index (Phi) is 9.68. The second-order valence-electron chi connectivity index (χ2n) is 2.87. The lowest BCUT2D eigenvalue weighted by Crippen LogP contribution is -1.70. The maximum atomic E-state index is 8.29. The van der Waals surface area contributed by atoms with Crippen molar-refractivity contribution in [1.82, 2.24) is 0 Å². The largest absolute Gasteiger partial charge is 0.192 e. The molecule has 0 aliphatic carbocycles. The predicted molar refractivity (Wildman–Crippen MR) is 64.5 cm³/mol. The summed E-state index contributed by atoms with van der Waals surface area (Å²) >= 11 is 3.35. The van der Waals surface area contributed by atoms with Crippen molar-refractivity contribution in [1.29, 1.82) is 5.26 Å². The summed E-state index contributed by atoms with van der Waals surface area (Å²) in [5, 5.41) is 9.46. The molecule has 0 unspecified atom stereocenters. The molecule has 0 heterocycles. The van der Waals surface area contributed by atoms with Crippen LogP contribution in [-0.2, 0) is 0 Å². The van der Waals surface area contributed by atoms with Crippen LogP contribution < -0.4 is 0 Å². The van der Waals surface area contributed by atoms with Crippen molar-refractivity contribution in [2.45, 2.75) is 26.2 Å². The molecule has 0 bridgehead atoms. The van der Waals surface area contributed by atoms with Crippen molar-refractivity contribution in [3.05, 3.63) is 35.9 Å². The van der Waals surface area contributed by atoms with Crippen molar-refractivity contribution in [3.8, 4) is 6.07 Å². The highest BCUT2D eigenvalue weighted by atomic mass is 79.9. The first-order valence-corrected chi connectivity index (χ1v) is 5.98. The molecule has 1 aromatic rings. The Labute approximate surface area is 94.9 Å². The second kappa shape index (κ2) is 10.3. The molecule has 0 N–H and O–H groups in total. The van der Waals surface area contributed by atoms with Gasteiger partial charge in [-0.1, -0.05) is 53.9 Å². The van der Waals surface area contributed by atoms with Crippen LogP contribution in [0.3, 0.4) is 0 Å². The van der Waals surface area contributed by atoms with Crippen molar-refractivity contribution in [3.63, 3.8) is 0 Å². The molecule has 0 aliphatic heterocycles. The molecule has 0 aromatic heterocycles. The van der Waals surface area contributed by atoms with Gasteiger partial charge >= 0.3 is 0 Å². The topological polar surface area (TPSA) is 23.8 Å². The Morgan fingerprint density at radius 1 is 1.21 bits per heavy atom. The van der Waals surface area contributed by atoms with Gasteiger partial charge in [0.15, 0.2) is 0 Å². The lowest BCUT2D eigenvalue weighted by Gasteiger charge is -1.85. The van der Waals surface area contributed by atoms with E-state index in [-0.39, 0.29) is 0 Å². The van der Waals surface area contributed by atoms with E-state index in [1.54, 1.807) is 12.1 Å². The highest BCUT2D eigenvalue weighted by Gasteiger charge is 1.79. The van der Waals surface area contributed by atoms with Crippen LogP contribution in [0, 0.1) is 11.3 Å². The van der Waals surface area contributed by atoms with Gasteiger partial charge in [-0.05, 0) is 18.6 Å². The quantitative estimate of drug-likeness (QED) is 0.587. The van der Waals surface area contributed by atoms with E-state index in [4.69, 9.17) is 5.26 Å². The fourth-order valence-electron chi connectivity index (χ4n) is 0.857. The highest BCUT2D eigenvalue weighted by molar-refractivity contribution is 9.09. The normalized spacial score (nSPS) is 8.36. The first-order chi connectivity index (χ1) is 6.85. The van der Waals surface area contributed by atoms with Crippen LogP contribution in [0.4, 0.5) is 0 Å². The molecule has 1 rings (SSSR count).